The molecule has 0 aliphatic carbocycles. The molecule has 0 unspecified atom stereocenters. The minimum absolute atomic E-state index is 0.0596. The molecular formula is C10H13NO4S. The van der Waals surface area contributed by atoms with E-state index in [9.17, 15) is 13.2 Å². The van der Waals surface area contributed by atoms with Crippen molar-refractivity contribution in [3.63, 3.8) is 0 Å². The maximum Gasteiger partial charge on any atom is 0.404 e. The number of hydrogen-bond donors (Lipinski definition) is 1. The highest BCUT2D eigenvalue weighted by atomic mass is 32.2. The molecule has 0 radical (unpaired) electrons. The lowest BCUT2D eigenvalue weighted by atomic mass is 10.2. The van der Waals surface area contributed by atoms with Crippen molar-refractivity contribution < 1.29 is 17.9 Å². The summed E-state index contributed by atoms with van der Waals surface area (Å²) in [5.74, 6) is -0.277. The van der Waals surface area contributed by atoms with Crippen LogP contribution in [0.15, 0.2) is 30.3 Å². The molecule has 0 atom stereocenters. The van der Waals surface area contributed by atoms with E-state index in [1.165, 1.54) is 0 Å². The van der Waals surface area contributed by atoms with Gasteiger partial charge in [0.1, 0.15) is 6.61 Å². The van der Waals surface area contributed by atoms with Gasteiger partial charge in [-0.15, -0.1) is 0 Å². The Kier molecular flexibility index (Phi) is 4.30. The smallest absolute Gasteiger partial charge is 0.404 e. The van der Waals surface area contributed by atoms with Gasteiger partial charge < -0.3 is 10.5 Å². The van der Waals surface area contributed by atoms with Gasteiger partial charge in [-0.1, -0.05) is 30.3 Å². The molecule has 0 aliphatic heterocycles. The van der Waals surface area contributed by atoms with Crippen molar-refractivity contribution in [2.45, 2.75) is 5.75 Å². The van der Waals surface area contributed by atoms with Crippen LogP contribution in [0.1, 0.15) is 5.56 Å². The highest BCUT2D eigenvalue weighted by Gasteiger charge is 2.12. The van der Waals surface area contributed by atoms with Crippen LogP contribution in [0.25, 0.3) is 0 Å². The van der Waals surface area contributed by atoms with Gasteiger partial charge in [0.15, 0.2) is 9.84 Å². The topological polar surface area (TPSA) is 86.5 Å². The Morgan fingerprint density at radius 1 is 1.25 bits per heavy atom. The maximum atomic E-state index is 11.5. The highest BCUT2D eigenvalue weighted by molar-refractivity contribution is 7.90. The van der Waals surface area contributed by atoms with Gasteiger partial charge >= 0.3 is 6.09 Å². The van der Waals surface area contributed by atoms with Crippen LogP contribution in [0.2, 0.25) is 0 Å². The van der Waals surface area contributed by atoms with Gasteiger partial charge in [-0.3, -0.25) is 0 Å². The summed E-state index contributed by atoms with van der Waals surface area (Å²) in [4.78, 5) is 10.2. The first kappa shape index (κ1) is 12.5. The van der Waals surface area contributed by atoms with E-state index in [-0.39, 0.29) is 18.1 Å². The van der Waals surface area contributed by atoms with Crippen LogP contribution < -0.4 is 5.73 Å². The van der Waals surface area contributed by atoms with Crippen LogP contribution in [0, 0.1) is 0 Å². The van der Waals surface area contributed by atoms with Crippen molar-refractivity contribution in [2.75, 3.05) is 12.4 Å². The molecule has 0 bridgehead atoms. The molecule has 1 rings (SSSR count). The Balaban J connectivity index is 2.49. The number of carbonyl (C=O) groups is 1. The first-order valence-electron chi connectivity index (χ1n) is 4.66. The Morgan fingerprint density at radius 2 is 1.88 bits per heavy atom. The van der Waals surface area contributed by atoms with Crippen molar-refractivity contribution in [1.29, 1.82) is 0 Å². The molecule has 1 aromatic carbocycles. The van der Waals surface area contributed by atoms with Gasteiger partial charge in [0.25, 0.3) is 0 Å². The number of primary amides is 1. The third-order valence-electron chi connectivity index (χ3n) is 1.87. The predicted molar refractivity (Wildman–Crippen MR) is 59.5 cm³/mol. The Labute approximate surface area is 94.1 Å². The lowest BCUT2D eigenvalue weighted by molar-refractivity contribution is 0.163. The fraction of sp³-hybridized carbons (Fsp3) is 0.300. The zero-order valence-electron chi connectivity index (χ0n) is 8.63. The summed E-state index contributed by atoms with van der Waals surface area (Å²) >= 11 is 0. The molecule has 0 heterocycles. The van der Waals surface area contributed by atoms with Crippen LogP contribution in [0.5, 0.6) is 0 Å². The van der Waals surface area contributed by atoms with Crippen LogP contribution >= 0.6 is 0 Å². The average Bonchev–Trinajstić information content (AvgIpc) is 2.17. The van der Waals surface area contributed by atoms with E-state index >= 15 is 0 Å². The second-order valence-corrected chi connectivity index (χ2v) is 5.43. The van der Waals surface area contributed by atoms with Crippen molar-refractivity contribution in [3.05, 3.63) is 35.9 Å². The maximum absolute atomic E-state index is 11.5. The first-order chi connectivity index (χ1) is 7.49. The number of nitrogens with two attached hydrogens (primary N) is 1. The first-order valence-corrected chi connectivity index (χ1v) is 6.48. The fourth-order valence-electron chi connectivity index (χ4n) is 1.17. The van der Waals surface area contributed by atoms with Crippen molar-refractivity contribution in [1.82, 2.24) is 0 Å². The van der Waals surface area contributed by atoms with Crippen molar-refractivity contribution in [2.24, 2.45) is 5.73 Å². The molecule has 6 heteroatoms. The highest BCUT2D eigenvalue weighted by Crippen LogP contribution is 2.05. The molecule has 16 heavy (non-hydrogen) atoms. The molecule has 0 aromatic heterocycles. The number of sulfone groups is 1. The molecule has 0 saturated carbocycles. The van der Waals surface area contributed by atoms with Crippen LogP contribution in [-0.2, 0) is 20.3 Å². The van der Waals surface area contributed by atoms with E-state index < -0.39 is 15.9 Å². The van der Waals surface area contributed by atoms with E-state index in [2.05, 4.69) is 4.74 Å². The standard InChI is InChI=1S/C10H13NO4S/c11-10(12)15-6-7-16(13,14)8-9-4-2-1-3-5-9/h1-5H,6-8H2,(H2,11,12). The lowest BCUT2D eigenvalue weighted by Crippen LogP contribution is -2.20. The normalized spacial score (nSPS) is 11.0. The predicted octanol–water partition coefficient (Wildman–Crippen LogP) is 0.697. The number of benzene rings is 1. The number of rotatable bonds is 5. The zero-order chi connectivity index (χ0) is 12.0. The molecule has 0 spiro atoms. The largest absolute Gasteiger partial charge is 0.449 e. The molecular weight excluding hydrogens is 230 g/mol. The summed E-state index contributed by atoms with van der Waals surface area (Å²) in [6.07, 6.45) is -0.963. The van der Waals surface area contributed by atoms with E-state index in [1.54, 1.807) is 24.3 Å². The average molecular weight is 243 g/mol. The van der Waals surface area contributed by atoms with E-state index in [1.807, 2.05) is 6.07 Å². The SMILES string of the molecule is NC(=O)OCCS(=O)(=O)Cc1ccccc1. The fourth-order valence-corrected chi connectivity index (χ4v) is 2.35. The summed E-state index contributed by atoms with van der Waals surface area (Å²) in [7, 11) is -3.26. The third kappa shape index (κ3) is 4.79. The minimum atomic E-state index is -3.26. The van der Waals surface area contributed by atoms with Crippen LogP contribution in [-0.4, -0.2) is 26.9 Å². The van der Waals surface area contributed by atoms with Crippen molar-refractivity contribution >= 4 is 15.9 Å². The quantitative estimate of drug-likeness (QED) is 0.824. The van der Waals surface area contributed by atoms with Crippen LogP contribution in [0.4, 0.5) is 4.79 Å². The van der Waals surface area contributed by atoms with Gasteiger partial charge in [0, 0.05) is 0 Å². The Hall–Kier alpha value is -1.56. The Morgan fingerprint density at radius 3 is 2.44 bits per heavy atom. The van der Waals surface area contributed by atoms with Gasteiger partial charge in [-0.25, -0.2) is 13.2 Å². The van der Waals surface area contributed by atoms with E-state index in [0.29, 0.717) is 5.56 Å². The number of amides is 1. The summed E-state index contributed by atoms with van der Waals surface area (Å²) < 4.78 is 27.5. The second kappa shape index (κ2) is 5.50. The molecule has 2 N–H and O–H groups in total. The van der Waals surface area contributed by atoms with Gasteiger partial charge in [0.05, 0.1) is 11.5 Å². The monoisotopic (exact) mass is 243 g/mol. The van der Waals surface area contributed by atoms with E-state index in [4.69, 9.17) is 5.73 Å². The van der Waals surface area contributed by atoms with Gasteiger partial charge in [-0.05, 0) is 5.56 Å². The summed E-state index contributed by atoms with van der Waals surface area (Å²) in [5, 5.41) is 0. The lowest BCUT2D eigenvalue weighted by Gasteiger charge is -2.04. The molecule has 88 valence electrons. The molecule has 0 aliphatic rings. The molecule has 1 amide bonds. The third-order valence-corrected chi connectivity index (χ3v) is 3.43. The number of ether oxygens (including phenoxy) is 1. The van der Waals surface area contributed by atoms with E-state index in [0.717, 1.165) is 0 Å². The molecule has 1 aromatic rings. The summed E-state index contributed by atoms with van der Waals surface area (Å²) in [5.41, 5.74) is 5.43. The number of carbonyl (C=O) groups excluding carboxylic acids is 1. The minimum Gasteiger partial charge on any atom is -0.449 e. The molecule has 5 nitrogen and oxygen atoms in total. The second-order valence-electron chi connectivity index (χ2n) is 3.25. The summed E-state index contributed by atoms with van der Waals surface area (Å²) in [6.45, 7) is -0.204. The molecule has 0 saturated heterocycles. The summed E-state index contributed by atoms with van der Waals surface area (Å²) in [6, 6.07) is 8.81. The van der Waals surface area contributed by atoms with Gasteiger partial charge in [-0.2, -0.15) is 0 Å². The number of hydrogen-bond acceptors (Lipinski definition) is 4. The Bertz CT molecular complexity index is 441. The van der Waals surface area contributed by atoms with Gasteiger partial charge in [0.2, 0.25) is 0 Å². The zero-order valence-corrected chi connectivity index (χ0v) is 9.44. The molecule has 0 fully saturated rings. The van der Waals surface area contributed by atoms with Crippen molar-refractivity contribution in [3.8, 4) is 0 Å². The van der Waals surface area contributed by atoms with Crippen LogP contribution in [0.3, 0.4) is 0 Å².